The number of halogens is 1. The van der Waals surface area contributed by atoms with Crippen molar-refractivity contribution in [3.63, 3.8) is 0 Å². The molecule has 1 amide bonds. The summed E-state index contributed by atoms with van der Waals surface area (Å²) in [4.78, 5) is 31.0. The highest BCUT2D eigenvalue weighted by molar-refractivity contribution is 6.30. The Morgan fingerprint density at radius 2 is 2.21 bits per heavy atom. The van der Waals surface area contributed by atoms with Crippen molar-refractivity contribution in [2.75, 3.05) is 17.7 Å². The van der Waals surface area contributed by atoms with Crippen molar-refractivity contribution >= 4 is 45.9 Å². The van der Waals surface area contributed by atoms with E-state index >= 15 is 0 Å². The molecule has 8 heteroatoms. The second-order valence-electron chi connectivity index (χ2n) is 5.93. The van der Waals surface area contributed by atoms with Crippen molar-refractivity contribution in [2.45, 2.75) is 19.8 Å². The molecule has 3 N–H and O–H groups in total. The SMILES string of the molecule is CC(=O)OCC1CC1CC(=O)Nc1cc2cc(Cl)nc(N)c2cn1. The molecule has 2 atom stereocenters. The Balaban J connectivity index is 1.59. The third-order valence-corrected chi connectivity index (χ3v) is 4.19. The number of fused-ring (bicyclic) bond motifs is 1. The molecule has 2 unspecified atom stereocenters. The standard InChI is InChI=1S/C16H17ClN4O3/c1-8(22)24-7-11-2-9(11)5-15(23)21-14-4-10-3-13(17)20-16(18)12(10)6-19-14/h3-4,6,9,11H,2,5,7H2,1H3,(H2,18,20)(H,19,21,23). The number of nitrogen functional groups attached to an aromatic ring is 1. The number of ether oxygens (including phenoxy) is 1. The fourth-order valence-electron chi connectivity index (χ4n) is 2.63. The minimum absolute atomic E-state index is 0.120. The molecular weight excluding hydrogens is 332 g/mol. The van der Waals surface area contributed by atoms with E-state index in [4.69, 9.17) is 22.1 Å². The minimum Gasteiger partial charge on any atom is -0.466 e. The first kappa shape index (κ1) is 16.4. The highest BCUT2D eigenvalue weighted by Gasteiger charge is 2.39. The maximum atomic E-state index is 12.1. The van der Waals surface area contributed by atoms with E-state index in [9.17, 15) is 9.59 Å². The van der Waals surface area contributed by atoms with Crippen LogP contribution in [0, 0.1) is 11.8 Å². The lowest BCUT2D eigenvalue weighted by molar-refractivity contribution is -0.141. The van der Waals surface area contributed by atoms with Crippen LogP contribution in [-0.4, -0.2) is 28.5 Å². The fourth-order valence-corrected chi connectivity index (χ4v) is 2.84. The fraction of sp³-hybridized carbons (Fsp3) is 0.375. The maximum absolute atomic E-state index is 12.1. The molecule has 2 aromatic rings. The number of esters is 1. The summed E-state index contributed by atoms with van der Waals surface area (Å²) in [6.07, 6.45) is 2.83. The molecule has 2 aromatic heterocycles. The number of rotatable bonds is 5. The summed E-state index contributed by atoms with van der Waals surface area (Å²) in [5.74, 6) is 0.844. The maximum Gasteiger partial charge on any atom is 0.302 e. The number of hydrogen-bond acceptors (Lipinski definition) is 6. The molecule has 0 radical (unpaired) electrons. The average Bonchev–Trinajstić information content (AvgIpc) is 3.22. The molecule has 3 rings (SSSR count). The summed E-state index contributed by atoms with van der Waals surface area (Å²) in [5.41, 5.74) is 5.79. The number of carbonyl (C=O) groups excluding carboxylic acids is 2. The van der Waals surface area contributed by atoms with Gasteiger partial charge in [0.05, 0.1) is 6.61 Å². The summed E-state index contributed by atoms with van der Waals surface area (Å²) in [7, 11) is 0. The summed E-state index contributed by atoms with van der Waals surface area (Å²) in [6.45, 7) is 1.76. The van der Waals surface area contributed by atoms with Gasteiger partial charge in [0.2, 0.25) is 5.91 Å². The first-order valence-corrected chi connectivity index (χ1v) is 7.95. The number of nitrogens with two attached hydrogens (primary N) is 1. The summed E-state index contributed by atoms with van der Waals surface area (Å²) in [6, 6.07) is 3.38. The number of anilines is 2. The van der Waals surface area contributed by atoms with Crippen LogP contribution < -0.4 is 11.1 Å². The Hall–Kier alpha value is -2.41. The van der Waals surface area contributed by atoms with Gasteiger partial charge in [0.25, 0.3) is 0 Å². The smallest absolute Gasteiger partial charge is 0.302 e. The van der Waals surface area contributed by atoms with E-state index in [0.717, 1.165) is 11.8 Å². The minimum atomic E-state index is -0.294. The van der Waals surface area contributed by atoms with Crippen LogP contribution in [0.2, 0.25) is 5.15 Å². The summed E-state index contributed by atoms with van der Waals surface area (Å²) >= 11 is 5.89. The van der Waals surface area contributed by atoms with Gasteiger partial charge < -0.3 is 15.8 Å². The molecule has 1 aliphatic rings. The average molecular weight is 349 g/mol. The molecular formula is C16H17ClN4O3. The zero-order valence-electron chi connectivity index (χ0n) is 13.1. The molecule has 24 heavy (non-hydrogen) atoms. The first-order valence-electron chi connectivity index (χ1n) is 7.57. The van der Waals surface area contributed by atoms with Crippen LogP contribution in [0.5, 0.6) is 0 Å². The Labute approximate surface area is 143 Å². The summed E-state index contributed by atoms with van der Waals surface area (Å²) in [5, 5.41) is 4.50. The van der Waals surface area contributed by atoms with Gasteiger partial charge in [-0.05, 0) is 35.8 Å². The van der Waals surface area contributed by atoms with Gasteiger partial charge in [-0.15, -0.1) is 0 Å². The molecule has 0 saturated heterocycles. The summed E-state index contributed by atoms with van der Waals surface area (Å²) < 4.78 is 4.95. The van der Waals surface area contributed by atoms with Gasteiger partial charge in [-0.25, -0.2) is 9.97 Å². The Bertz CT molecular complexity index is 811. The highest BCUT2D eigenvalue weighted by Crippen LogP contribution is 2.41. The lowest BCUT2D eigenvalue weighted by atomic mass is 10.2. The van der Waals surface area contributed by atoms with Crippen LogP contribution in [0.1, 0.15) is 19.8 Å². The van der Waals surface area contributed by atoms with Crippen molar-refractivity contribution in [3.05, 3.63) is 23.5 Å². The van der Waals surface area contributed by atoms with Crippen LogP contribution in [0.25, 0.3) is 10.8 Å². The second-order valence-corrected chi connectivity index (χ2v) is 6.32. The largest absolute Gasteiger partial charge is 0.466 e. The lowest BCUT2D eigenvalue weighted by Crippen LogP contribution is -2.14. The molecule has 0 spiro atoms. The van der Waals surface area contributed by atoms with E-state index in [1.165, 1.54) is 6.92 Å². The lowest BCUT2D eigenvalue weighted by Gasteiger charge is -2.07. The molecule has 1 saturated carbocycles. The van der Waals surface area contributed by atoms with Gasteiger partial charge in [0.1, 0.15) is 16.8 Å². The number of amides is 1. The van der Waals surface area contributed by atoms with Crippen molar-refractivity contribution in [1.29, 1.82) is 0 Å². The van der Waals surface area contributed by atoms with Gasteiger partial charge in [0, 0.05) is 24.9 Å². The van der Waals surface area contributed by atoms with Crippen molar-refractivity contribution in [2.24, 2.45) is 11.8 Å². The number of pyridine rings is 2. The van der Waals surface area contributed by atoms with Gasteiger partial charge in [-0.2, -0.15) is 0 Å². The molecule has 0 aromatic carbocycles. The third-order valence-electron chi connectivity index (χ3n) is 4.00. The number of nitrogens with zero attached hydrogens (tertiary/aromatic N) is 2. The van der Waals surface area contributed by atoms with Gasteiger partial charge in [-0.1, -0.05) is 11.6 Å². The molecule has 1 aliphatic carbocycles. The topological polar surface area (TPSA) is 107 Å². The molecule has 2 heterocycles. The van der Waals surface area contributed by atoms with E-state index in [1.54, 1.807) is 18.3 Å². The zero-order chi connectivity index (χ0) is 17.3. The Morgan fingerprint density at radius 1 is 1.42 bits per heavy atom. The van der Waals surface area contributed by atoms with E-state index in [-0.39, 0.29) is 28.9 Å². The molecule has 1 fully saturated rings. The van der Waals surface area contributed by atoms with Gasteiger partial charge in [-0.3, -0.25) is 9.59 Å². The normalized spacial score (nSPS) is 19.1. The van der Waals surface area contributed by atoms with Crippen molar-refractivity contribution in [3.8, 4) is 0 Å². The second kappa shape index (κ2) is 6.60. The Morgan fingerprint density at radius 3 is 2.96 bits per heavy atom. The highest BCUT2D eigenvalue weighted by atomic mass is 35.5. The number of carbonyl (C=O) groups is 2. The zero-order valence-corrected chi connectivity index (χ0v) is 13.8. The van der Waals surface area contributed by atoms with Crippen LogP contribution in [-0.2, 0) is 14.3 Å². The molecule has 7 nitrogen and oxygen atoms in total. The number of hydrogen-bond donors (Lipinski definition) is 2. The molecule has 0 bridgehead atoms. The van der Waals surface area contributed by atoms with E-state index < -0.39 is 0 Å². The quantitative estimate of drug-likeness (QED) is 0.634. The van der Waals surface area contributed by atoms with Gasteiger partial charge >= 0.3 is 5.97 Å². The Kier molecular flexibility index (Phi) is 4.53. The molecule has 126 valence electrons. The van der Waals surface area contributed by atoms with Crippen LogP contribution in [0.15, 0.2) is 18.3 Å². The van der Waals surface area contributed by atoms with Crippen molar-refractivity contribution in [1.82, 2.24) is 9.97 Å². The van der Waals surface area contributed by atoms with E-state index in [0.29, 0.717) is 30.0 Å². The number of nitrogens with one attached hydrogen (secondary N) is 1. The predicted octanol–water partition coefficient (Wildman–Crippen LogP) is 2.39. The predicted molar refractivity (Wildman–Crippen MR) is 90.4 cm³/mol. The van der Waals surface area contributed by atoms with Crippen molar-refractivity contribution < 1.29 is 14.3 Å². The van der Waals surface area contributed by atoms with Crippen LogP contribution in [0.3, 0.4) is 0 Å². The monoisotopic (exact) mass is 348 g/mol. The molecule has 0 aliphatic heterocycles. The van der Waals surface area contributed by atoms with Crippen LogP contribution in [0.4, 0.5) is 11.6 Å². The third kappa shape index (κ3) is 3.91. The van der Waals surface area contributed by atoms with Crippen LogP contribution >= 0.6 is 11.6 Å². The first-order chi connectivity index (χ1) is 11.4. The van der Waals surface area contributed by atoms with E-state index in [2.05, 4.69) is 15.3 Å². The van der Waals surface area contributed by atoms with Gasteiger partial charge in [0.15, 0.2) is 0 Å². The number of aromatic nitrogens is 2. The van der Waals surface area contributed by atoms with E-state index in [1.807, 2.05) is 0 Å².